The number of aromatic nitrogens is 3. The Morgan fingerprint density at radius 1 is 1.29 bits per heavy atom. The number of hydrogen-bond donors (Lipinski definition) is 1. The topological polar surface area (TPSA) is 100 Å². The zero-order valence-electron chi connectivity index (χ0n) is 13.4. The molecule has 9 nitrogen and oxygen atoms in total. The average molecular weight is 329 g/mol. The van der Waals surface area contributed by atoms with Crippen molar-refractivity contribution in [2.24, 2.45) is 0 Å². The number of rotatable bonds is 5. The maximum absolute atomic E-state index is 11.6. The molecule has 2 aromatic rings. The molecule has 0 bridgehead atoms. The van der Waals surface area contributed by atoms with E-state index >= 15 is 0 Å². The van der Waals surface area contributed by atoms with Crippen molar-refractivity contribution in [2.75, 3.05) is 43.4 Å². The van der Waals surface area contributed by atoms with Gasteiger partial charge in [0.05, 0.1) is 4.92 Å². The first-order chi connectivity index (χ1) is 11.6. The Morgan fingerprint density at radius 3 is 2.75 bits per heavy atom. The number of piperazine rings is 1. The number of anilines is 2. The predicted molar refractivity (Wildman–Crippen MR) is 90.0 cm³/mol. The molecule has 1 saturated heterocycles. The number of nitrogens with one attached hydrogen (secondary N) is 1. The van der Waals surface area contributed by atoms with Crippen molar-refractivity contribution in [3.8, 4) is 0 Å². The first-order valence-corrected chi connectivity index (χ1v) is 7.71. The Balaban J connectivity index is 1.84. The molecule has 0 amide bonds. The average Bonchev–Trinajstić information content (AvgIpc) is 2.61. The van der Waals surface area contributed by atoms with Gasteiger partial charge in [0.2, 0.25) is 11.6 Å². The minimum Gasteiger partial charge on any atom is -0.360 e. The third-order valence-electron chi connectivity index (χ3n) is 3.97. The molecule has 1 aliphatic rings. The Bertz CT molecular complexity index is 702. The standard InChI is InChI=1S/C15H19N7O2/c1-20-5-7-21(8-6-20)15-13(22(23)24)14(18-11-19-15)17-10-12-3-2-4-16-9-12/h2-4,9,11H,5-8,10H2,1H3,(H,17,18,19). The fourth-order valence-electron chi connectivity index (χ4n) is 2.61. The fourth-order valence-corrected chi connectivity index (χ4v) is 2.61. The van der Waals surface area contributed by atoms with Crippen LogP contribution in [0.2, 0.25) is 0 Å². The van der Waals surface area contributed by atoms with Gasteiger partial charge in [-0.25, -0.2) is 9.97 Å². The minimum atomic E-state index is -0.417. The normalized spacial score (nSPS) is 15.3. The van der Waals surface area contributed by atoms with Gasteiger partial charge < -0.3 is 15.1 Å². The number of nitro groups is 1. The second-order valence-electron chi connectivity index (χ2n) is 5.66. The highest BCUT2D eigenvalue weighted by Gasteiger charge is 2.28. The van der Waals surface area contributed by atoms with E-state index in [-0.39, 0.29) is 11.5 Å². The number of likely N-dealkylation sites (N-methyl/N-ethyl adjacent to an activating group) is 1. The molecule has 0 atom stereocenters. The van der Waals surface area contributed by atoms with Crippen molar-refractivity contribution in [1.82, 2.24) is 19.9 Å². The van der Waals surface area contributed by atoms with Crippen LogP contribution in [0.15, 0.2) is 30.9 Å². The van der Waals surface area contributed by atoms with Crippen molar-refractivity contribution in [2.45, 2.75) is 6.54 Å². The first-order valence-electron chi connectivity index (χ1n) is 7.71. The zero-order valence-corrected chi connectivity index (χ0v) is 13.4. The van der Waals surface area contributed by atoms with Gasteiger partial charge in [-0.05, 0) is 18.7 Å². The van der Waals surface area contributed by atoms with Crippen molar-refractivity contribution < 1.29 is 4.92 Å². The van der Waals surface area contributed by atoms with E-state index in [0.717, 1.165) is 18.7 Å². The van der Waals surface area contributed by atoms with Gasteiger partial charge in [-0.3, -0.25) is 15.1 Å². The lowest BCUT2D eigenvalue weighted by atomic mass is 10.2. The van der Waals surface area contributed by atoms with Crippen LogP contribution < -0.4 is 10.2 Å². The summed E-state index contributed by atoms with van der Waals surface area (Å²) in [5.74, 6) is 0.601. The highest BCUT2D eigenvalue weighted by molar-refractivity contribution is 5.70. The molecule has 0 saturated carbocycles. The summed E-state index contributed by atoms with van der Waals surface area (Å²) in [4.78, 5) is 27.6. The van der Waals surface area contributed by atoms with E-state index in [1.807, 2.05) is 24.1 Å². The molecule has 3 heterocycles. The van der Waals surface area contributed by atoms with Crippen molar-refractivity contribution in [1.29, 1.82) is 0 Å². The second kappa shape index (κ2) is 7.18. The third-order valence-corrected chi connectivity index (χ3v) is 3.97. The Labute approximate surface area is 139 Å². The summed E-state index contributed by atoms with van der Waals surface area (Å²) in [6.07, 6.45) is 4.76. The largest absolute Gasteiger partial charge is 0.360 e. The Hall–Kier alpha value is -2.81. The van der Waals surface area contributed by atoms with Gasteiger partial charge in [0.25, 0.3) is 0 Å². The van der Waals surface area contributed by atoms with Crippen LogP contribution in [-0.4, -0.2) is 58.0 Å². The number of pyridine rings is 1. The summed E-state index contributed by atoms with van der Waals surface area (Å²) in [5.41, 5.74) is 0.845. The molecule has 0 radical (unpaired) electrons. The molecule has 1 N–H and O–H groups in total. The van der Waals surface area contributed by atoms with Crippen LogP contribution >= 0.6 is 0 Å². The number of hydrogen-bond acceptors (Lipinski definition) is 8. The van der Waals surface area contributed by atoms with Crippen molar-refractivity contribution >= 4 is 17.3 Å². The SMILES string of the molecule is CN1CCN(c2ncnc(NCc3cccnc3)c2[N+](=O)[O-])CC1. The van der Waals surface area contributed by atoms with E-state index in [1.165, 1.54) is 6.33 Å². The first kappa shape index (κ1) is 16.1. The quantitative estimate of drug-likeness (QED) is 0.644. The summed E-state index contributed by atoms with van der Waals surface area (Å²) < 4.78 is 0. The lowest BCUT2D eigenvalue weighted by Crippen LogP contribution is -2.45. The molecule has 9 heteroatoms. The summed E-state index contributed by atoms with van der Waals surface area (Å²) in [5, 5.41) is 14.6. The molecule has 3 rings (SSSR count). The van der Waals surface area contributed by atoms with Gasteiger partial charge in [0.1, 0.15) is 6.33 Å². The van der Waals surface area contributed by atoms with Crippen LogP contribution in [0.3, 0.4) is 0 Å². The summed E-state index contributed by atoms with van der Waals surface area (Å²) in [7, 11) is 2.03. The molecular formula is C15H19N7O2. The molecule has 24 heavy (non-hydrogen) atoms. The number of nitrogens with zero attached hydrogens (tertiary/aromatic N) is 6. The molecule has 126 valence electrons. The predicted octanol–water partition coefficient (Wildman–Crippen LogP) is 1.14. The fraction of sp³-hybridized carbons (Fsp3) is 0.400. The Morgan fingerprint density at radius 2 is 2.08 bits per heavy atom. The van der Waals surface area contributed by atoms with E-state index in [9.17, 15) is 10.1 Å². The maximum atomic E-state index is 11.6. The lowest BCUT2D eigenvalue weighted by Gasteiger charge is -2.32. The molecule has 0 aromatic carbocycles. The molecule has 0 aliphatic carbocycles. The minimum absolute atomic E-state index is 0.0778. The van der Waals surface area contributed by atoms with Gasteiger partial charge >= 0.3 is 5.69 Å². The molecule has 1 fully saturated rings. The zero-order chi connectivity index (χ0) is 16.9. The van der Waals surface area contributed by atoms with E-state index in [4.69, 9.17) is 0 Å². The summed E-state index contributed by atoms with van der Waals surface area (Å²) in [6.45, 7) is 3.51. The molecular weight excluding hydrogens is 310 g/mol. The van der Waals surface area contributed by atoms with Crippen LogP contribution in [0.25, 0.3) is 0 Å². The van der Waals surface area contributed by atoms with Crippen LogP contribution in [0.5, 0.6) is 0 Å². The summed E-state index contributed by atoms with van der Waals surface area (Å²) >= 11 is 0. The molecule has 0 spiro atoms. The van der Waals surface area contributed by atoms with Gasteiger partial charge in [-0.2, -0.15) is 0 Å². The van der Waals surface area contributed by atoms with Gasteiger partial charge in [-0.15, -0.1) is 0 Å². The maximum Gasteiger partial charge on any atom is 0.353 e. The van der Waals surface area contributed by atoms with E-state index in [2.05, 4.69) is 25.2 Å². The molecule has 0 unspecified atom stereocenters. The van der Waals surface area contributed by atoms with E-state index in [0.29, 0.717) is 25.5 Å². The Kier molecular flexibility index (Phi) is 4.80. The van der Waals surface area contributed by atoms with E-state index in [1.54, 1.807) is 12.4 Å². The van der Waals surface area contributed by atoms with Gasteiger partial charge in [0.15, 0.2) is 0 Å². The van der Waals surface area contributed by atoms with Gasteiger partial charge in [0, 0.05) is 45.1 Å². The van der Waals surface area contributed by atoms with Crippen LogP contribution in [-0.2, 0) is 6.54 Å². The second-order valence-corrected chi connectivity index (χ2v) is 5.66. The van der Waals surface area contributed by atoms with Crippen LogP contribution in [0.1, 0.15) is 5.56 Å². The monoisotopic (exact) mass is 329 g/mol. The van der Waals surface area contributed by atoms with Crippen molar-refractivity contribution in [3.05, 3.63) is 46.5 Å². The molecule has 2 aromatic heterocycles. The highest BCUT2D eigenvalue weighted by Crippen LogP contribution is 2.32. The van der Waals surface area contributed by atoms with Crippen LogP contribution in [0.4, 0.5) is 17.3 Å². The van der Waals surface area contributed by atoms with E-state index < -0.39 is 4.92 Å². The third kappa shape index (κ3) is 3.57. The highest BCUT2D eigenvalue weighted by atomic mass is 16.6. The lowest BCUT2D eigenvalue weighted by molar-refractivity contribution is -0.383. The molecule has 1 aliphatic heterocycles. The van der Waals surface area contributed by atoms with Crippen LogP contribution in [0, 0.1) is 10.1 Å². The van der Waals surface area contributed by atoms with Crippen molar-refractivity contribution in [3.63, 3.8) is 0 Å². The van der Waals surface area contributed by atoms with Gasteiger partial charge in [-0.1, -0.05) is 6.07 Å². The summed E-state index contributed by atoms with van der Waals surface area (Å²) in [6, 6.07) is 3.72. The smallest absolute Gasteiger partial charge is 0.353 e.